The minimum Gasteiger partial charge on any atom is -0.486 e. The lowest BCUT2D eigenvalue weighted by atomic mass is 10.1. The topological polar surface area (TPSA) is 34.1 Å². The normalized spacial score (nSPS) is 11.1. The smallest absolute Gasteiger partial charge is 0.140 e. The van der Waals surface area contributed by atoms with Gasteiger partial charge in [-0.3, -0.25) is 0 Å². The summed E-state index contributed by atoms with van der Waals surface area (Å²) in [4.78, 5) is 4.57. The van der Waals surface area contributed by atoms with E-state index in [2.05, 4.69) is 55.5 Å². The number of hydrogen-bond donors (Lipinski definition) is 1. The van der Waals surface area contributed by atoms with Crippen molar-refractivity contribution >= 4 is 11.3 Å². The van der Waals surface area contributed by atoms with Crippen molar-refractivity contribution in [1.82, 2.24) is 10.3 Å². The maximum atomic E-state index is 5.79. The van der Waals surface area contributed by atoms with Gasteiger partial charge in [-0.25, -0.2) is 4.98 Å². The molecule has 0 bridgehead atoms. The van der Waals surface area contributed by atoms with Crippen LogP contribution >= 0.6 is 11.3 Å². The second-order valence-corrected chi connectivity index (χ2v) is 6.25. The summed E-state index contributed by atoms with van der Waals surface area (Å²) in [6.45, 7) is 9.83. The van der Waals surface area contributed by atoms with Gasteiger partial charge in [0.2, 0.25) is 0 Å². The van der Waals surface area contributed by atoms with Gasteiger partial charge in [0, 0.05) is 18.0 Å². The van der Waals surface area contributed by atoms with Crippen LogP contribution in [0.1, 0.15) is 35.7 Å². The molecule has 1 heterocycles. The van der Waals surface area contributed by atoms with Gasteiger partial charge < -0.3 is 10.1 Å². The Labute approximate surface area is 125 Å². The molecule has 1 N–H and O–H groups in total. The Kier molecular flexibility index (Phi) is 5.15. The van der Waals surface area contributed by atoms with E-state index in [4.69, 9.17) is 4.74 Å². The van der Waals surface area contributed by atoms with Gasteiger partial charge >= 0.3 is 0 Å². The third-order valence-electron chi connectivity index (χ3n) is 3.13. The highest BCUT2D eigenvalue weighted by molar-refractivity contribution is 7.09. The largest absolute Gasteiger partial charge is 0.486 e. The Morgan fingerprint density at radius 2 is 2.05 bits per heavy atom. The van der Waals surface area contributed by atoms with E-state index in [1.54, 1.807) is 11.3 Å². The predicted molar refractivity (Wildman–Crippen MR) is 84.3 cm³/mol. The summed E-state index contributed by atoms with van der Waals surface area (Å²) < 4.78 is 5.79. The van der Waals surface area contributed by atoms with E-state index in [1.807, 2.05) is 6.07 Å². The van der Waals surface area contributed by atoms with E-state index in [0.29, 0.717) is 12.6 Å². The van der Waals surface area contributed by atoms with Crippen molar-refractivity contribution in [3.63, 3.8) is 0 Å². The molecule has 0 unspecified atom stereocenters. The van der Waals surface area contributed by atoms with Gasteiger partial charge in [-0.05, 0) is 37.1 Å². The third-order valence-corrected chi connectivity index (χ3v) is 4.00. The number of rotatable bonds is 6. The maximum Gasteiger partial charge on any atom is 0.140 e. The van der Waals surface area contributed by atoms with Crippen LogP contribution in [-0.2, 0) is 13.2 Å². The maximum absolute atomic E-state index is 5.79. The van der Waals surface area contributed by atoms with Crippen molar-refractivity contribution in [2.75, 3.05) is 0 Å². The first-order valence-corrected chi connectivity index (χ1v) is 7.79. The molecule has 0 aliphatic heterocycles. The average molecular weight is 290 g/mol. The summed E-state index contributed by atoms with van der Waals surface area (Å²) in [6, 6.07) is 6.65. The number of aromatic nitrogens is 1. The van der Waals surface area contributed by atoms with Crippen LogP contribution in [0, 0.1) is 13.8 Å². The van der Waals surface area contributed by atoms with Gasteiger partial charge in [0.25, 0.3) is 0 Å². The highest BCUT2D eigenvalue weighted by Crippen LogP contribution is 2.19. The molecular formula is C16H22N2OS. The molecule has 0 saturated carbocycles. The monoisotopic (exact) mass is 290 g/mol. The summed E-state index contributed by atoms with van der Waals surface area (Å²) in [6.07, 6.45) is 0. The fourth-order valence-corrected chi connectivity index (χ4v) is 2.46. The van der Waals surface area contributed by atoms with E-state index < -0.39 is 0 Å². The van der Waals surface area contributed by atoms with Gasteiger partial charge in [-0.2, -0.15) is 0 Å². The molecule has 2 rings (SSSR count). The Morgan fingerprint density at radius 3 is 2.75 bits per heavy atom. The minimum atomic E-state index is 0.479. The summed E-state index contributed by atoms with van der Waals surface area (Å²) in [7, 11) is 0. The van der Waals surface area contributed by atoms with Crippen molar-refractivity contribution < 1.29 is 4.74 Å². The third kappa shape index (κ3) is 4.32. The SMILES string of the molecule is Cc1ccc(OCc2nc(CNC(C)C)cs2)cc1C. The number of benzene rings is 1. The Bertz CT molecular complexity index is 563. The number of nitrogens with one attached hydrogen (secondary N) is 1. The summed E-state index contributed by atoms with van der Waals surface area (Å²) >= 11 is 1.65. The second kappa shape index (κ2) is 6.86. The van der Waals surface area contributed by atoms with Gasteiger partial charge in [-0.1, -0.05) is 19.9 Å². The molecule has 20 heavy (non-hydrogen) atoms. The van der Waals surface area contributed by atoms with Crippen LogP contribution in [-0.4, -0.2) is 11.0 Å². The van der Waals surface area contributed by atoms with E-state index in [9.17, 15) is 0 Å². The van der Waals surface area contributed by atoms with E-state index in [-0.39, 0.29) is 0 Å². The quantitative estimate of drug-likeness (QED) is 0.877. The second-order valence-electron chi connectivity index (χ2n) is 5.30. The summed E-state index contributed by atoms with van der Waals surface area (Å²) in [5, 5.41) is 6.48. The molecule has 0 fully saturated rings. The van der Waals surface area contributed by atoms with Gasteiger partial charge in [-0.15, -0.1) is 11.3 Å². The molecule has 108 valence electrons. The first-order valence-electron chi connectivity index (χ1n) is 6.91. The van der Waals surface area contributed by atoms with Gasteiger partial charge in [0.05, 0.1) is 5.69 Å². The molecule has 4 heteroatoms. The molecule has 1 aromatic heterocycles. The molecule has 0 spiro atoms. The van der Waals surface area contributed by atoms with Crippen LogP contribution in [0.2, 0.25) is 0 Å². The van der Waals surface area contributed by atoms with E-state index >= 15 is 0 Å². The van der Waals surface area contributed by atoms with Crippen LogP contribution in [0.25, 0.3) is 0 Å². The predicted octanol–water partition coefficient (Wildman–Crippen LogP) is 3.84. The molecule has 0 aliphatic rings. The van der Waals surface area contributed by atoms with Crippen LogP contribution in [0.4, 0.5) is 0 Å². The fourth-order valence-electron chi connectivity index (χ4n) is 1.75. The van der Waals surface area contributed by atoms with E-state index in [1.165, 1.54) is 11.1 Å². The minimum absolute atomic E-state index is 0.479. The van der Waals surface area contributed by atoms with Gasteiger partial charge in [0.15, 0.2) is 0 Å². The molecule has 3 nitrogen and oxygen atoms in total. The number of thiazole rings is 1. The van der Waals surface area contributed by atoms with Gasteiger partial charge in [0.1, 0.15) is 17.4 Å². The molecule has 0 saturated heterocycles. The van der Waals surface area contributed by atoms with Crippen LogP contribution in [0.3, 0.4) is 0 Å². The number of hydrogen-bond acceptors (Lipinski definition) is 4. The molecular weight excluding hydrogens is 268 g/mol. The zero-order chi connectivity index (χ0) is 14.5. The molecule has 0 radical (unpaired) electrons. The lowest BCUT2D eigenvalue weighted by Crippen LogP contribution is -2.21. The molecule has 0 amide bonds. The van der Waals surface area contributed by atoms with Crippen LogP contribution in [0.15, 0.2) is 23.6 Å². The Hall–Kier alpha value is -1.39. The van der Waals surface area contributed by atoms with Crippen molar-refractivity contribution in [1.29, 1.82) is 0 Å². The van der Waals surface area contributed by atoms with E-state index in [0.717, 1.165) is 23.0 Å². The van der Waals surface area contributed by atoms with Crippen LogP contribution in [0.5, 0.6) is 5.75 Å². The molecule has 0 aliphatic carbocycles. The highest BCUT2D eigenvalue weighted by Gasteiger charge is 2.04. The lowest BCUT2D eigenvalue weighted by Gasteiger charge is -2.07. The summed E-state index contributed by atoms with van der Waals surface area (Å²) in [5.41, 5.74) is 3.62. The Balaban J connectivity index is 1.89. The van der Waals surface area contributed by atoms with Crippen molar-refractivity contribution in [2.24, 2.45) is 0 Å². The molecule has 1 aromatic carbocycles. The van der Waals surface area contributed by atoms with Crippen molar-refractivity contribution in [2.45, 2.75) is 46.9 Å². The number of ether oxygens (including phenoxy) is 1. The standard InChI is InChI=1S/C16H22N2OS/c1-11(2)17-8-14-10-20-16(18-14)9-19-15-6-5-12(3)13(4)7-15/h5-7,10-11,17H,8-9H2,1-4H3. The average Bonchev–Trinajstić information content (AvgIpc) is 2.86. The highest BCUT2D eigenvalue weighted by atomic mass is 32.1. The zero-order valence-corrected chi connectivity index (χ0v) is 13.4. The first kappa shape index (κ1) is 15.0. The molecule has 2 aromatic rings. The lowest BCUT2D eigenvalue weighted by molar-refractivity contribution is 0.305. The summed E-state index contributed by atoms with van der Waals surface area (Å²) in [5.74, 6) is 0.908. The zero-order valence-electron chi connectivity index (χ0n) is 12.6. The first-order chi connectivity index (χ1) is 9.54. The van der Waals surface area contributed by atoms with Crippen molar-refractivity contribution in [3.8, 4) is 5.75 Å². The number of aryl methyl sites for hydroxylation is 2. The fraction of sp³-hybridized carbons (Fsp3) is 0.438. The number of nitrogens with zero attached hydrogens (tertiary/aromatic N) is 1. The van der Waals surface area contributed by atoms with Crippen LogP contribution < -0.4 is 10.1 Å². The van der Waals surface area contributed by atoms with Crippen molar-refractivity contribution in [3.05, 3.63) is 45.4 Å². The Morgan fingerprint density at radius 1 is 1.25 bits per heavy atom. The molecule has 0 atom stereocenters.